The van der Waals surface area contributed by atoms with Crippen LogP contribution in [0.2, 0.25) is 0 Å². The van der Waals surface area contributed by atoms with E-state index in [1.807, 2.05) is 0 Å². The summed E-state index contributed by atoms with van der Waals surface area (Å²) in [4.78, 5) is 24.5. The van der Waals surface area contributed by atoms with Gasteiger partial charge in [-0.3, -0.25) is 9.69 Å². The maximum atomic E-state index is 12.0. The molecule has 0 aliphatic heterocycles. The molecule has 106 valence electrons. The van der Waals surface area contributed by atoms with Crippen LogP contribution in [0.3, 0.4) is 0 Å². The monoisotopic (exact) mass is 405 g/mol. The van der Waals surface area contributed by atoms with Crippen molar-refractivity contribution in [3.63, 3.8) is 0 Å². The first kappa shape index (κ1) is 15.2. The number of halogens is 2. The van der Waals surface area contributed by atoms with E-state index >= 15 is 0 Å². The van der Waals surface area contributed by atoms with E-state index in [1.54, 1.807) is 12.1 Å². The summed E-state index contributed by atoms with van der Waals surface area (Å²) in [5, 5.41) is 18.4. The molecule has 2 rings (SSSR count). The number of hydrogen-bond acceptors (Lipinski definition) is 5. The Hall–Kier alpha value is -1.22. The van der Waals surface area contributed by atoms with Gasteiger partial charge in [0.25, 0.3) is 5.91 Å². The van der Waals surface area contributed by atoms with Gasteiger partial charge in [-0.15, -0.1) is 0 Å². The summed E-state index contributed by atoms with van der Waals surface area (Å²) in [7, 11) is 0. The number of amides is 1. The van der Waals surface area contributed by atoms with Gasteiger partial charge >= 0.3 is 5.63 Å². The van der Waals surface area contributed by atoms with Gasteiger partial charge in [0, 0.05) is 9.86 Å². The first-order valence-electron chi connectivity index (χ1n) is 5.42. The number of carbonyl (C=O) groups excluding carboxylic acids is 1. The lowest BCUT2D eigenvalue weighted by Gasteiger charge is -2.15. The van der Waals surface area contributed by atoms with Crippen LogP contribution >= 0.6 is 31.9 Å². The predicted octanol–water partition coefficient (Wildman–Crippen LogP) is 1.66. The van der Waals surface area contributed by atoms with E-state index in [9.17, 15) is 9.59 Å². The van der Waals surface area contributed by atoms with E-state index in [2.05, 4.69) is 31.9 Å². The van der Waals surface area contributed by atoms with Crippen LogP contribution in [0, 0.1) is 0 Å². The largest absolute Gasteiger partial charge is 0.421 e. The van der Waals surface area contributed by atoms with Gasteiger partial charge in [0.1, 0.15) is 19.0 Å². The molecule has 20 heavy (non-hydrogen) atoms. The molecule has 0 bridgehead atoms. The minimum absolute atomic E-state index is 0.259. The molecule has 6 nitrogen and oxygen atoms in total. The zero-order valence-corrected chi connectivity index (χ0v) is 13.1. The second-order valence-electron chi connectivity index (χ2n) is 3.88. The molecule has 0 fully saturated rings. The molecule has 0 aliphatic rings. The Kier molecular flexibility index (Phi) is 4.59. The smallest absolute Gasteiger partial charge is 0.349 e. The number of rotatable bonds is 3. The summed E-state index contributed by atoms with van der Waals surface area (Å²) in [5.74, 6) is -0.804. The van der Waals surface area contributed by atoms with Crippen molar-refractivity contribution in [3.8, 4) is 0 Å². The molecule has 0 spiro atoms. The molecule has 8 heteroatoms. The summed E-state index contributed by atoms with van der Waals surface area (Å²) >= 11 is 6.56. The second-order valence-corrected chi connectivity index (χ2v) is 5.65. The predicted molar refractivity (Wildman–Crippen MR) is 78.2 cm³/mol. The fraction of sp³-hybridized carbons (Fsp3) is 0.167. The highest BCUT2D eigenvalue weighted by Crippen LogP contribution is 2.28. The molecule has 0 saturated heterocycles. The van der Waals surface area contributed by atoms with E-state index in [1.165, 1.54) is 6.07 Å². The molecule has 2 N–H and O–H groups in total. The number of hydrogen-bond donors (Lipinski definition) is 2. The van der Waals surface area contributed by atoms with Crippen LogP contribution in [0.5, 0.6) is 0 Å². The molecule has 0 radical (unpaired) electrons. The molecular formula is C12H9Br2NO5. The molecule has 1 amide bonds. The third kappa shape index (κ3) is 2.78. The lowest BCUT2D eigenvalue weighted by molar-refractivity contribution is 0.0237. The van der Waals surface area contributed by atoms with Gasteiger partial charge in [0.15, 0.2) is 5.58 Å². The van der Waals surface area contributed by atoms with Crippen LogP contribution in [0.15, 0.2) is 36.4 Å². The van der Waals surface area contributed by atoms with Crippen LogP contribution in [-0.2, 0) is 0 Å². The van der Waals surface area contributed by atoms with Crippen LogP contribution in [0.4, 0.5) is 0 Å². The van der Waals surface area contributed by atoms with Gasteiger partial charge in [0.2, 0.25) is 0 Å². The highest BCUT2D eigenvalue weighted by atomic mass is 79.9. The van der Waals surface area contributed by atoms with Crippen molar-refractivity contribution in [1.82, 2.24) is 4.90 Å². The number of benzene rings is 1. The standard InChI is InChI=1S/C12H9Br2NO5/c13-7-1-6-2-8(11(18)15(4-16)5-17)12(19)20-10(6)9(14)3-7/h1-3,16-17H,4-5H2. The summed E-state index contributed by atoms with van der Waals surface area (Å²) < 4.78 is 6.41. The van der Waals surface area contributed by atoms with Gasteiger partial charge < -0.3 is 14.6 Å². The first-order chi connectivity index (χ1) is 9.47. The summed E-state index contributed by atoms with van der Waals surface area (Å²) in [6, 6.07) is 4.75. The van der Waals surface area contributed by atoms with E-state index < -0.39 is 25.0 Å². The Morgan fingerprint density at radius 2 is 1.85 bits per heavy atom. The normalized spacial score (nSPS) is 10.8. The van der Waals surface area contributed by atoms with E-state index in [0.29, 0.717) is 20.3 Å². The molecular weight excluding hydrogens is 398 g/mol. The quantitative estimate of drug-likeness (QED) is 0.597. The second kappa shape index (κ2) is 6.04. The first-order valence-corrected chi connectivity index (χ1v) is 7.00. The van der Waals surface area contributed by atoms with Crippen LogP contribution in [0.25, 0.3) is 11.0 Å². The van der Waals surface area contributed by atoms with Crippen molar-refractivity contribution in [2.24, 2.45) is 0 Å². The Bertz CT molecular complexity index is 724. The molecule has 0 saturated carbocycles. The molecule has 1 aromatic heterocycles. The lowest BCUT2D eigenvalue weighted by Crippen LogP contribution is -2.35. The van der Waals surface area contributed by atoms with Crippen molar-refractivity contribution >= 4 is 48.7 Å². The molecule has 2 aromatic rings. The van der Waals surface area contributed by atoms with Crippen LogP contribution in [-0.4, -0.2) is 34.5 Å². The van der Waals surface area contributed by atoms with Crippen molar-refractivity contribution < 1.29 is 19.4 Å². The van der Waals surface area contributed by atoms with E-state index in [0.717, 1.165) is 4.47 Å². The van der Waals surface area contributed by atoms with Gasteiger partial charge in [0.05, 0.1) is 4.47 Å². The highest BCUT2D eigenvalue weighted by Gasteiger charge is 2.20. The Morgan fingerprint density at radius 3 is 2.45 bits per heavy atom. The maximum absolute atomic E-state index is 12.0. The third-order valence-electron chi connectivity index (χ3n) is 2.61. The number of carbonyl (C=O) groups is 1. The average molecular weight is 407 g/mol. The van der Waals surface area contributed by atoms with Gasteiger partial charge in [-0.2, -0.15) is 0 Å². The summed E-state index contributed by atoms with van der Waals surface area (Å²) in [5.41, 5.74) is -0.780. The van der Waals surface area contributed by atoms with E-state index in [-0.39, 0.29) is 5.56 Å². The Morgan fingerprint density at radius 1 is 1.20 bits per heavy atom. The highest BCUT2D eigenvalue weighted by molar-refractivity contribution is 9.11. The number of fused-ring (bicyclic) bond motifs is 1. The third-order valence-corrected chi connectivity index (χ3v) is 3.66. The fourth-order valence-corrected chi connectivity index (χ4v) is 2.99. The minimum atomic E-state index is -0.836. The van der Waals surface area contributed by atoms with Crippen molar-refractivity contribution in [3.05, 3.63) is 43.1 Å². The van der Waals surface area contributed by atoms with Gasteiger partial charge in [-0.25, -0.2) is 4.79 Å². The van der Waals surface area contributed by atoms with Crippen molar-refractivity contribution in [2.45, 2.75) is 0 Å². The molecule has 0 unspecified atom stereocenters. The van der Waals surface area contributed by atoms with Crippen molar-refractivity contribution in [2.75, 3.05) is 13.5 Å². The van der Waals surface area contributed by atoms with Gasteiger partial charge in [-0.1, -0.05) is 15.9 Å². The Labute approximate surface area is 129 Å². The minimum Gasteiger partial charge on any atom is -0.421 e. The van der Waals surface area contributed by atoms with Crippen LogP contribution < -0.4 is 5.63 Å². The average Bonchev–Trinajstić information content (AvgIpc) is 2.40. The fourth-order valence-electron chi connectivity index (χ4n) is 1.65. The molecule has 0 atom stereocenters. The summed E-state index contributed by atoms with van der Waals surface area (Å²) in [6.45, 7) is -1.40. The zero-order valence-electron chi connectivity index (χ0n) is 9.97. The van der Waals surface area contributed by atoms with E-state index in [4.69, 9.17) is 14.6 Å². The zero-order chi connectivity index (χ0) is 14.9. The Balaban J connectivity index is 2.64. The number of aliphatic hydroxyl groups excluding tert-OH is 2. The van der Waals surface area contributed by atoms with Crippen molar-refractivity contribution in [1.29, 1.82) is 0 Å². The number of nitrogens with zero attached hydrogens (tertiary/aromatic N) is 1. The SMILES string of the molecule is O=C(c1cc2cc(Br)cc(Br)c2oc1=O)N(CO)CO. The van der Waals surface area contributed by atoms with Gasteiger partial charge in [-0.05, 0) is 34.1 Å². The molecule has 1 aromatic carbocycles. The topological polar surface area (TPSA) is 91.0 Å². The number of aliphatic hydroxyl groups is 2. The lowest BCUT2D eigenvalue weighted by atomic mass is 10.1. The maximum Gasteiger partial charge on any atom is 0.349 e. The molecule has 1 heterocycles. The summed E-state index contributed by atoms with van der Waals surface area (Å²) in [6.07, 6.45) is 0. The molecule has 0 aliphatic carbocycles. The van der Waals surface area contributed by atoms with Crippen LogP contribution in [0.1, 0.15) is 10.4 Å².